The zero-order valence-electron chi connectivity index (χ0n) is 18.6. The summed E-state index contributed by atoms with van der Waals surface area (Å²) < 4.78 is 13.5. The van der Waals surface area contributed by atoms with Gasteiger partial charge in [0.1, 0.15) is 11.9 Å². The van der Waals surface area contributed by atoms with Crippen LogP contribution in [0.15, 0.2) is 54.7 Å². The lowest BCUT2D eigenvalue weighted by Gasteiger charge is -2.32. The summed E-state index contributed by atoms with van der Waals surface area (Å²) in [6.07, 6.45) is 4.97. The molecule has 174 valence electrons. The molecule has 1 amide bonds. The third kappa shape index (κ3) is 5.03. The molecule has 0 atom stereocenters. The number of carbonyl (C=O) groups excluding carboxylic acids is 1. The van der Waals surface area contributed by atoms with E-state index in [1.165, 1.54) is 0 Å². The van der Waals surface area contributed by atoms with Crippen LogP contribution in [0, 0.1) is 0 Å². The highest BCUT2D eigenvalue weighted by Crippen LogP contribution is 2.27. The number of fused-ring (bicyclic) bond motifs is 1. The molecule has 3 heterocycles. The van der Waals surface area contributed by atoms with Crippen LogP contribution in [0.25, 0.3) is 10.9 Å². The third-order valence-corrected chi connectivity index (χ3v) is 7.00. The minimum Gasteiger partial charge on any atom is -0.490 e. The Bertz CT molecular complexity index is 1110. The fourth-order valence-corrected chi connectivity index (χ4v) is 4.89. The average molecular weight is 469 g/mol. The summed E-state index contributed by atoms with van der Waals surface area (Å²) in [4.78, 5) is 15.0. The second-order valence-corrected chi connectivity index (χ2v) is 9.55. The molecular weight excluding hydrogens is 440 g/mol. The van der Waals surface area contributed by atoms with E-state index >= 15 is 0 Å². The van der Waals surface area contributed by atoms with Gasteiger partial charge < -0.3 is 24.0 Å². The first-order valence-corrected chi connectivity index (χ1v) is 12.0. The summed E-state index contributed by atoms with van der Waals surface area (Å²) in [7, 11) is 0. The highest BCUT2D eigenvalue weighted by molar-refractivity contribution is 6.30. The Morgan fingerprint density at radius 1 is 1.09 bits per heavy atom. The molecule has 1 N–H and O–H groups in total. The van der Waals surface area contributed by atoms with Crippen LogP contribution in [0.1, 0.15) is 36.0 Å². The number of carbonyl (C=O) groups is 1. The summed E-state index contributed by atoms with van der Waals surface area (Å²) in [6.45, 7) is 3.07. The first-order chi connectivity index (χ1) is 16.0. The van der Waals surface area contributed by atoms with E-state index in [0.29, 0.717) is 56.3 Å². The van der Waals surface area contributed by atoms with Crippen LogP contribution in [0.5, 0.6) is 5.75 Å². The molecule has 2 saturated heterocycles. The zero-order valence-corrected chi connectivity index (χ0v) is 19.3. The molecule has 7 heteroatoms. The van der Waals surface area contributed by atoms with Gasteiger partial charge in [-0.15, -0.1) is 0 Å². The Morgan fingerprint density at radius 3 is 2.55 bits per heavy atom. The van der Waals surface area contributed by atoms with Crippen molar-refractivity contribution in [1.82, 2.24) is 9.47 Å². The molecule has 5 rings (SSSR count). The normalized spacial score (nSPS) is 19.0. The van der Waals surface area contributed by atoms with Gasteiger partial charge in [-0.3, -0.25) is 4.79 Å². The maximum absolute atomic E-state index is 13.1. The molecule has 2 aliphatic heterocycles. The maximum Gasteiger partial charge on any atom is 0.253 e. The van der Waals surface area contributed by atoms with Crippen LogP contribution in [-0.2, 0) is 11.3 Å². The van der Waals surface area contributed by atoms with Gasteiger partial charge in [-0.1, -0.05) is 11.6 Å². The Hall–Kier alpha value is -2.54. The fourth-order valence-electron chi connectivity index (χ4n) is 4.76. The smallest absolute Gasteiger partial charge is 0.253 e. The van der Waals surface area contributed by atoms with Gasteiger partial charge in [0.05, 0.1) is 12.1 Å². The topological polar surface area (TPSA) is 63.9 Å². The van der Waals surface area contributed by atoms with E-state index in [1.54, 1.807) is 0 Å². The highest BCUT2D eigenvalue weighted by atomic mass is 35.5. The van der Waals surface area contributed by atoms with E-state index in [-0.39, 0.29) is 12.0 Å². The molecule has 3 aromatic rings. The van der Waals surface area contributed by atoms with Crippen molar-refractivity contribution in [2.45, 2.75) is 43.9 Å². The van der Waals surface area contributed by atoms with E-state index in [1.807, 2.05) is 59.6 Å². The monoisotopic (exact) mass is 468 g/mol. The predicted octanol–water partition coefficient (Wildman–Crippen LogP) is 4.52. The van der Waals surface area contributed by atoms with Crippen molar-refractivity contribution < 1.29 is 19.4 Å². The summed E-state index contributed by atoms with van der Waals surface area (Å²) in [5.41, 5.74) is 0.987. The molecule has 0 unspecified atom stereocenters. The number of rotatable bonds is 5. The molecule has 1 aromatic heterocycles. The number of piperidine rings is 1. The molecule has 2 aromatic carbocycles. The van der Waals surface area contributed by atoms with Crippen molar-refractivity contribution in [3.63, 3.8) is 0 Å². The lowest BCUT2D eigenvalue weighted by Crippen LogP contribution is -2.41. The van der Waals surface area contributed by atoms with Crippen molar-refractivity contribution in [3.8, 4) is 5.75 Å². The van der Waals surface area contributed by atoms with Crippen molar-refractivity contribution in [2.24, 2.45) is 0 Å². The van der Waals surface area contributed by atoms with Crippen LogP contribution in [-0.4, -0.2) is 58.5 Å². The van der Waals surface area contributed by atoms with E-state index in [9.17, 15) is 9.90 Å². The van der Waals surface area contributed by atoms with Crippen LogP contribution < -0.4 is 4.74 Å². The summed E-state index contributed by atoms with van der Waals surface area (Å²) in [5.74, 6) is 0.863. The Labute approximate surface area is 198 Å². The number of hydrogen-bond acceptors (Lipinski definition) is 4. The van der Waals surface area contributed by atoms with E-state index < -0.39 is 5.60 Å². The van der Waals surface area contributed by atoms with E-state index in [2.05, 4.69) is 4.57 Å². The standard InChI is InChI=1S/C26H29ClN2O4/c27-21-2-4-22(5-3-21)33-23-8-13-28(14-9-23)25(30)20-1-6-24-19(17-20)7-12-29(24)18-26(31)10-15-32-16-11-26/h1-7,12,17,23,31H,8-11,13-16,18H2. The lowest BCUT2D eigenvalue weighted by molar-refractivity contribution is -0.0721. The number of hydrogen-bond donors (Lipinski definition) is 1. The van der Waals surface area contributed by atoms with E-state index in [4.69, 9.17) is 21.1 Å². The van der Waals surface area contributed by atoms with Gasteiger partial charge in [0.2, 0.25) is 0 Å². The minimum absolute atomic E-state index is 0.0534. The van der Waals surface area contributed by atoms with Crippen molar-refractivity contribution in [2.75, 3.05) is 26.3 Å². The van der Waals surface area contributed by atoms with Crippen LogP contribution in [0.3, 0.4) is 0 Å². The maximum atomic E-state index is 13.1. The highest BCUT2D eigenvalue weighted by Gasteiger charge is 2.30. The third-order valence-electron chi connectivity index (χ3n) is 6.75. The minimum atomic E-state index is -0.739. The van der Waals surface area contributed by atoms with Gasteiger partial charge in [0.15, 0.2) is 0 Å². The lowest BCUT2D eigenvalue weighted by atomic mass is 9.94. The Morgan fingerprint density at radius 2 is 1.82 bits per heavy atom. The fraction of sp³-hybridized carbons (Fsp3) is 0.423. The van der Waals surface area contributed by atoms with Gasteiger partial charge in [-0.2, -0.15) is 0 Å². The van der Waals surface area contributed by atoms with Gasteiger partial charge in [0.25, 0.3) is 5.91 Å². The molecular formula is C26H29ClN2O4. The summed E-state index contributed by atoms with van der Waals surface area (Å²) >= 11 is 5.94. The molecule has 2 aliphatic rings. The molecule has 0 aliphatic carbocycles. The van der Waals surface area contributed by atoms with Crippen molar-refractivity contribution in [1.29, 1.82) is 0 Å². The van der Waals surface area contributed by atoms with Crippen molar-refractivity contribution >= 4 is 28.4 Å². The number of aromatic nitrogens is 1. The molecule has 0 spiro atoms. The number of halogens is 1. The predicted molar refractivity (Wildman–Crippen MR) is 128 cm³/mol. The molecule has 6 nitrogen and oxygen atoms in total. The molecule has 2 fully saturated rings. The van der Waals surface area contributed by atoms with Crippen LogP contribution >= 0.6 is 11.6 Å². The summed E-state index contributed by atoms with van der Waals surface area (Å²) in [5, 5.41) is 12.6. The number of nitrogens with zero attached hydrogens (tertiary/aromatic N) is 2. The molecule has 0 saturated carbocycles. The number of ether oxygens (including phenoxy) is 2. The number of aliphatic hydroxyl groups is 1. The SMILES string of the molecule is O=C(c1ccc2c(ccn2CC2(O)CCOCC2)c1)N1CCC(Oc2ccc(Cl)cc2)CC1. The quantitative estimate of drug-likeness (QED) is 0.598. The molecule has 0 bridgehead atoms. The second kappa shape index (κ2) is 9.37. The Kier molecular flexibility index (Phi) is 6.32. The second-order valence-electron chi connectivity index (χ2n) is 9.12. The number of likely N-dealkylation sites (tertiary alicyclic amines) is 1. The van der Waals surface area contributed by atoms with E-state index in [0.717, 1.165) is 29.5 Å². The van der Waals surface area contributed by atoms with Gasteiger partial charge in [-0.25, -0.2) is 0 Å². The average Bonchev–Trinajstić information content (AvgIpc) is 3.22. The molecule has 0 radical (unpaired) electrons. The van der Waals surface area contributed by atoms with Gasteiger partial charge in [-0.05, 0) is 48.5 Å². The van der Waals surface area contributed by atoms with Gasteiger partial charge >= 0.3 is 0 Å². The zero-order chi connectivity index (χ0) is 22.8. The van der Waals surface area contributed by atoms with Gasteiger partial charge in [0, 0.05) is 79.7 Å². The van der Waals surface area contributed by atoms with Crippen molar-refractivity contribution in [3.05, 3.63) is 65.3 Å². The van der Waals surface area contributed by atoms with Crippen LogP contribution in [0.2, 0.25) is 5.02 Å². The molecule has 33 heavy (non-hydrogen) atoms. The first kappa shape index (κ1) is 22.3. The summed E-state index contributed by atoms with van der Waals surface area (Å²) in [6, 6.07) is 15.3. The van der Waals surface area contributed by atoms with Crippen LogP contribution in [0.4, 0.5) is 0 Å². The number of benzene rings is 2. The Balaban J connectivity index is 1.21. The largest absolute Gasteiger partial charge is 0.490 e. The number of amides is 1. The first-order valence-electron chi connectivity index (χ1n) is 11.6.